The van der Waals surface area contributed by atoms with E-state index >= 15 is 0 Å². The molecule has 0 amide bonds. The Bertz CT molecular complexity index is 1400. The van der Waals surface area contributed by atoms with Crippen molar-refractivity contribution in [2.75, 3.05) is 0 Å². The smallest absolute Gasteiger partial charge is 0.323 e. The van der Waals surface area contributed by atoms with Gasteiger partial charge in [0.25, 0.3) is 5.16 Å². The second kappa shape index (κ2) is 7.92. The first-order valence-corrected chi connectivity index (χ1v) is 10.9. The van der Waals surface area contributed by atoms with Gasteiger partial charge in [-0.3, -0.25) is 4.79 Å². The Morgan fingerprint density at radius 2 is 1.87 bits per heavy atom. The molecule has 2 heterocycles. The molecular formula is C22H18FN3O4S. The Morgan fingerprint density at radius 1 is 1.13 bits per heavy atom. The molecule has 0 radical (unpaired) electrons. The summed E-state index contributed by atoms with van der Waals surface area (Å²) in [6, 6.07) is 13.6. The molecule has 0 aliphatic rings. The number of carboxylic acids is 1. The molecule has 0 aliphatic heterocycles. The van der Waals surface area contributed by atoms with E-state index in [1.165, 1.54) is 36.5 Å². The number of sulfone groups is 1. The summed E-state index contributed by atoms with van der Waals surface area (Å²) in [5, 5.41) is 9.49. The van der Waals surface area contributed by atoms with Gasteiger partial charge >= 0.3 is 5.97 Å². The van der Waals surface area contributed by atoms with Crippen LogP contribution in [0.3, 0.4) is 0 Å². The monoisotopic (exact) mass is 439 g/mol. The minimum atomic E-state index is -3.89. The van der Waals surface area contributed by atoms with Crippen molar-refractivity contribution in [2.45, 2.75) is 29.9 Å². The third kappa shape index (κ3) is 3.91. The number of carbonyl (C=O) groups is 1. The van der Waals surface area contributed by atoms with Crippen LogP contribution in [0.25, 0.3) is 10.9 Å². The molecule has 2 aromatic heterocycles. The van der Waals surface area contributed by atoms with Gasteiger partial charge in [-0.1, -0.05) is 18.2 Å². The Hall–Kier alpha value is -3.59. The van der Waals surface area contributed by atoms with E-state index < -0.39 is 21.6 Å². The average Bonchev–Trinajstić information content (AvgIpc) is 2.99. The van der Waals surface area contributed by atoms with E-state index in [-0.39, 0.29) is 23.0 Å². The minimum Gasteiger partial charge on any atom is -0.480 e. The topological polar surface area (TPSA) is 102 Å². The van der Waals surface area contributed by atoms with Crippen LogP contribution >= 0.6 is 0 Å². The zero-order valence-electron chi connectivity index (χ0n) is 16.5. The van der Waals surface area contributed by atoms with E-state index in [2.05, 4.69) is 9.97 Å². The lowest BCUT2D eigenvalue weighted by Gasteiger charge is -2.07. The molecule has 7 nitrogen and oxygen atoms in total. The van der Waals surface area contributed by atoms with Gasteiger partial charge in [-0.15, -0.1) is 0 Å². The first-order valence-electron chi connectivity index (χ1n) is 9.38. The van der Waals surface area contributed by atoms with Gasteiger partial charge < -0.3 is 9.67 Å². The lowest BCUT2D eigenvalue weighted by Crippen LogP contribution is -2.11. The highest BCUT2D eigenvalue weighted by Gasteiger charge is 2.22. The first-order chi connectivity index (χ1) is 14.8. The maximum absolute atomic E-state index is 13.9. The number of nitrogens with zero attached hydrogens (tertiary/aromatic N) is 3. The lowest BCUT2D eigenvalue weighted by atomic mass is 10.1. The number of aromatic nitrogens is 3. The van der Waals surface area contributed by atoms with Crippen LogP contribution in [0.2, 0.25) is 0 Å². The van der Waals surface area contributed by atoms with Crippen molar-refractivity contribution in [1.29, 1.82) is 0 Å². The fourth-order valence-corrected chi connectivity index (χ4v) is 4.74. The fourth-order valence-electron chi connectivity index (χ4n) is 3.58. The molecule has 0 unspecified atom stereocenters. The zero-order valence-corrected chi connectivity index (χ0v) is 17.3. The molecule has 31 heavy (non-hydrogen) atoms. The summed E-state index contributed by atoms with van der Waals surface area (Å²) in [6.45, 7) is 1.48. The van der Waals surface area contributed by atoms with Gasteiger partial charge in [0.15, 0.2) is 0 Å². The Kier molecular flexibility index (Phi) is 5.28. The molecule has 1 N–H and O–H groups in total. The van der Waals surface area contributed by atoms with E-state index in [1.807, 2.05) is 0 Å². The molecular weight excluding hydrogens is 421 g/mol. The highest BCUT2D eigenvalue weighted by Crippen LogP contribution is 2.29. The first kappa shape index (κ1) is 20.7. The maximum atomic E-state index is 13.9. The van der Waals surface area contributed by atoms with E-state index in [9.17, 15) is 22.7 Å². The zero-order chi connectivity index (χ0) is 22.2. The molecule has 0 bridgehead atoms. The van der Waals surface area contributed by atoms with Crippen LogP contribution in [0.5, 0.6) is 0 Å². The summed E-state index contributed by atoms with van der Waals surface area (Å²) in [5.41, 5.74) is 2.33. The van der Waals surface area contributed by atoms with E-state index in [4.69, 9.17) is 0 Å². The Labute approximate surface area is 177 Å². The van der Waals surface area contributed by atoms with E-state index in [1.54, 1.807) is 35.8 Å². The second-order valence-corrected chi connectivity index (χ2v) is 8.87. The van der Waals surface area contributed by atoms with Gasteiger partial charge in [0, 0.05) is 34.9 Å². The van der Waals surface area contributed by atoms with Gasteiger partial charge in [0.1, 0.15) is 12.4 Å². The Morgan fingerprint density at radius 3 is 2.58 bits per heavy atom. The number of fused-ring (bicyclic) bond motifs is 1. The quantitative estimate of drug-likeness (QED) is 0.462. The summed E-state index contributed by atoms with van der Waals surface area (Å²) in [6.07, 6.45) is 1.56. The summed E-state index contributed by atoms with van der Waals surface area (Å²) >= 11 is 0. The Balaban J connectivity index is 1.79. The number of benzene rings is 2. The van der Waals surface area contributed by atoms with Crippen LogP contribution in [-0.2, 0) is 27.6 Å². The average molecular weight is 439 g/mol. The number of rotatable bonds is 6. The normalized spacial score (nSPS) is 11.7. The van der Waals surface area contributed by atoms with E-state index in [0.717, 1.165) is 0 Å². The minimum absolute atomic E-state index is 0.0865. The van der Waals surface area contributed by atoms with Crippen molar-refractivity contribution in [2.24, 2.45) is 0 Å². The summed E-state index contributed by atoms with van der Waals surface area (Å²) in [7, 11) is -3.89. The van der Waals surface area contributed by atoms with Crippen LogP contribution in [0.4, 0.5) is 4.39 Å². The molecule has 2 aromatic carbocycles. The highest BCUT2D eigenvalue weighted by molar-refractivity contribution is 7.91. The number of hydrogen-bond donors (Lipinski definition) is 1. The predicted octanol–water partition coefficient (Wildman–Crippen LogP) is 3.39. The molecule has 0 spiro atoms. The number of hydrogen-bond acceptors (Lipinski definition) is 5. The molecule has 4 rings (SSSR count). The molecule has 158 valence electrons. The van der Waals surface area contributed by atoms with Gasteiger partial charge in [-0.05, 0) is 48.9 Å². The van der Waals surface area contributed by atoms with Crippen molar-refractivity contribution in [3.8, 4) is 0 Å². The predicted molar refractivity (Wildman–Crippen MR) is 111 cm³/mol. The van der Waals surface area contributed by atoms with Crippen LogP contribution in [0.15, 0.2) is 70.8 Å². The van der Waals surface area contributed by atoms with Crippen LogP contribution in [0, 0.1) is 12.7 Å². The van der Waals surface area contributed by atoms with Gasteiger partial charge in [-0.25, -0.2) is 22.8 Å². The molecule has 0 saturated carbocycles. The van der Waals surface area contributed by atoms with Crippen LogP contribution < -0.4 is 0 Å². The standard InChI is InChI=1S/C22H18FN3O4S/c1-14-18(19-11-15(23)7-8-20(19)26(14)13-21(27)28)12-16-9-10-24-22(25-16)31(29,30)17-5-3-2-4-6-17/h2-11H,12-13H2,1H3,(H,27,28). The van der Waals surface area contributed by atoms with Crippen molar-refractivity contribution >= 4 is 26.7 Å². The lowest BCUT2D eigenvalue weighted by molar-refractivity contribution is -0.137. The molecule has 4 aromatic rings. The van der Waals surface area contributed by atoms with Crippen LogP contribution in [0.1, 0.15) is 17.0 Å². The van der Waals surface area contributed by atoms with Crippen molar-refractivity contribution < 1.29 is 22.7 Å². The van der Waals surface area contributed by atoms with Crippen molar-refractivity contribution in [3.63, 3.8) is 0 Å². The van der Waals surface area contributed by atoms with Crippen molar-refractivity contribution in [3.05, 3.63) is 83.6 Å². The summed E-state index contributed by atoms with van der Waals surface area (Å²) in [5.74, 6) is -1.47. The second-order valence-electron chi connectivity index (χ2n) is 7.03. The largest absolute Gasteiger partial charge is 0.480 e. The summed E-state index contributed by atoms with van der Waals surface area (Å²) in [4.78, 5) is 19.6. The number of carboxylic acid groups (broad SMARTS) is 1. The van der Waals surface area contributed by atoms with Gasteiger partial charge in [0.2, 0.25) is 9.84 Å². The molecule has 0 fully saturated rings. The maximum Gasteiger partial charge on any atom is 0.323 e. The highest BCUT2D eigenvalue weighted by atomic mass is 32.2. The SMILES string of the molecule is Cc1c(Cc2ccnc(S(=O)(=O)c3ccccc3)n2)c2cc(F)ccc2n1CC(=O)O. The summed E-state index contributed by atoms with van der Waals surface area (Å²) < 4.78 is 41.2. The molecule has 0 atom stereocenters. The number of aliphatic carboxylic acids is 1. The number of halogens is 1. The molecule has 0 saturated heterocycles. The molecule has 9 heteroatoms. The molecule has 0 aliphatic carbocycles. The van der Waals surface area contributed by atoms with Gasteiger partial charge in [-0.2, -0.15) is 0 Å². The van der Waals surface area contributed by atoms with Gasteiger partial charge in [0.05, 0.1) is 4.90 Å². The third-order valence-corrected chi connectivity index (χ3v) is 6.62. The van der Waals surface area contributed by atoms with E-state index in [0.29, 0.717) is 27.9 Å². The van der Waals surface area contributed by atoms with Crippen molar-refractivity contribution in [1.82, 2.24) is 14.5 Å². The fraction of sp³-hybridized carbons (Fsp3) is 0.136. The van der Waals surface area contributed by atoms with Crippen LogP contribution in [-0.4, -0.2) is 34.0 Å². The third-order valence-electron chi connectivity index (χ3n) is 5.05.